The Morgan fingerprint density at radius 2 is 2.07 bits per heavy atom. The van der Waals surface area contributed by atoms with E-state index in [-0.39, 0.29) is 5.82 Å². The lowest BCUT2D eigenvalue weighted by Crippen LogP contribution is -2.07. The Hall–Kier alpha value is -0.410. The van der Waals surface area contributed by atoms with Crippen LogP contribution in [0.15, 0.2) is 22.7 Å². The van der Waals surface area contributed by atoms with Gasteiger partial charge in [-0.15, -0.1) is 0 Å². The summed E-state index contributed by atoms with van der Waals surface area (Å²) in [5, 5.41) is 0. The molecule has 1 aliphatic carbocycles. The third-order valence-electron chi connectivity index (χ3n) is 2.79. The van der Waals surface area contributed by atoms with Gasteiger partial charge in [-0.1, -0.05) is 34.8 Å². The smallest absolute Gasteiger partial charge is 0.124 e. The maximum absolute atomic E-state index is 12.8. The Kier molecular flexibility index (Phi) is 3.76. The Labute approximate surface area is 97.8 Å². The normalized spacial score (nSPS) is 17.2. The summed E-state index contributed by atoms with van der Waals surface area (Å²) in [4.78, 5) is 0. The second-order valence-electron chi connectivity index (χ2n) is 3.95. The summed E-state index contributed by atoms with van der Waals surface area (Å²) in [5.41, 5.74) is 1.02. The van der Waals surface area contributed by atoms with Gasteiger partial charge in [-0.2, -0.15) is 0 Å². The molecule has 0 aromatic heterocycles. The number of benzene rings is 1. The molecule has 1 aromatic carbocycles. The fraction of sp³-hybridized carbons (Fsp3) is 0.500. The van der Waals surface area contributed by atoms with Gasteiger partial charge in [0.15, 0.2) is 0 Å². The van der Waals surface area contributed by atoms with Gasteiger partial charge in [0, 0.05) is 4.47 Å². The maximum atomic E-state index is 12.8. The summed E-state index contributed by atoms with van der Waals surface area (Å²) < 4.78 is 19.4. The van der Waals surface area contributed by atoms with E-state index in [4.69, 9.17) is 4.74 Å². The van der Waals surface area contributed by atoms with Gasteiger partial charge < -0.3 is 4.74 Å². The van der Waals surface area contributed by atoms with Crippen molar-refractivity contribution in [1.82, 2.24) is 0 Å². The summed E-state index contributed by atoms with van der Waals surface area (Å²) in [7, 11) is 0. The van der Waals surface area contributed by atoms with Crippen molar-refractivity contribution in [2.75, 3.05) is 0 Å². The van der Waals surface area contributed by atoms with Gasteiger partial charge in [-0.25, -0.2) is 4.39 Å². The molecule has 0 amide bonds. The van der Waals surface area contributed by atoms with Gasteiger partial charge in [0.2, 0.25) is 0 Å². The van der Waals surface area contributed by atoms with Crippen molar-refractivity contribution < 1.29 is 9.13 Å². The van der Waals surface area contributed by atoms with Gasteiger partial charge in [-0.3, -0.25) is 0 Å². The summed E-state index contributed by atoms with van der Waals surface area (Å²) in [6.07, 6.45) is 5.28. The van der Waals surface area contributed by atoms with E-state index in [0.717, 1.165) is 10.0 Å². The highest BCUT2D eigenvalue weighted by Crippen LogP contribution is 2.24. The lowest BCUT2D eigenvalue weighted by molar-refractivity contribution is 0.0453. The molecule has 1 nitrogen and oxygen atoms in total. The first-order chi connectivity index (χ1) is 7.25. The van der Waals surface area contributed by atoms with Crippen molar-refractivity contribution in [3.8, 4) is 0 Å². The van der Waals surface area contributed by atoms with Crippen molar-refractivity contribution >= 4 is 15.9 Å². The van der Waals surface area contributed by atoms with Crippen LogP contribution in [0.2, 0.25) is 0 Å². The predicted molar refractivity (Wildman–Crippen MR) is 61.1 cm³/mol. The maximum Gasteiger partial charge on any atom is 0.124 e. The molecule has 1 aliphatic rings. The molecule has 0 bridgehead atoms. The highest BCUT2D eigenvalue weighted by atomic mass is 79.9. The quantitative estimate of drug-likeness (QED) is 0.807. The molecule has 15 heavy (non-hydrogen) atoms. The van der Waals surface area contributed by atoms with Crippen molar-refractivity contribution in [2.45, 2.75) is 38.4 Å². The van der Waals surface area contributed by atoms with Gasteiger partial charge >= 0.3 is 0 Å². The van der Waals surface area contributed by atoms with Crippen LogP contribution in [0.3, 0.4) is 0 Å². The first kappa shape index (κ1) is 11.1. The molecule has 0 spiro atoms. The molecule has 0 radical (unpaired) electrons. The fourth-order valence-electron chi connectivity index (χ4n) is 1.90. The minimum absolute atomic E-state index is 0.216. The van der Waals surface area contributed by atoms with E-state index in [2.05, 4.69) is 15.9 Å². The van der Waals surface area contributed by atoms with Crippen LogP contribution in [-0.2, 0) is 11.3 Å². The SMILES string of the molecule is Fc1ccc(COC2CCCC2)c(Br)c1. The molecule has 0 N–H and O–H groups in total. The topological polar surface area (TPSA) is 9.23 Å². The Bertz CT molecular complexity index is 334. The molecule has 1 aromatic rings. The average Bonchev–Trinajstić information content (AvgIpc) is 2.69. The van der Waals surface area contributed by atoms with Crippen LogP contribution in [0.25, 0.3) is 0 Å². The van der Waals surface area contributed by atoms with Crippen molar-refractivity contribution in [2.24, 2.45) is 0 Å². The first-order valence-corrected chi connectivity index (χ1v) is 6.10. The van der Waals surface area contributed by atoms with Crippen LogP contribution in [0.4, 0.5) is 4.39 Å². The number of rotatable bonds is 3. The molecular weight excluding hydrogens is 259 g/mol. The molecule has 2 rings (SSSR count). The van der Waals surface area contributed by atoms with Gasteiger partial charge in [0.05, 0.1) is 12.7 Å². The molecule has 0 saturated heterocycles. The molecule has 0 heterocycles. The van der Waals surface area contributed by atoms with Gasteiger partial charge in [0.25, 0.3) is 0 Å². The zero-order valence-corrected chi connectivity index (χ0v) is 10.1. The van der Waals surface area contributed by atoms with Crippen molar-refractivity contribution in [3.05, 3.63) is 34.1 Å². The standard InChI is InChI=1S/C12H14BrFO/c13-12-7-10(14)6-5-9(12)8-15-11-3-1-2-4-11/h5-7,11H,1-4,8H2. The van der Waals surface area contributed by atoms with Gasteiger partial charge in [0.1, 0.15) is 5.82 Å². The van der Waals surface area contributed by atoms with E-state index < -0.39 is 0 Å². The Balaban J connectivity index is 1.92. The zero-order valence-electron chi connectivity index (χ0n) is 8.51. The van der Waals surface area contributed by atoms with E-state index in [9.17, 15) is 4.39 Å². The van der Waals surface area contributed by atoms with Crippen LogP contribution < -0.4 is 0 Å². The van der Waals surface area contributed by atoms with Crippen molar-refractivity contribution in [3.63, 3.8) is 0 Å². The average molecular weight is 273 g/mol. The second kappa shape index (κ2) is 5.08. The Morgan fingerprint density at radius 3 is 2.73 bits per heavy atom. The van der Waals surface area contributed by atoms with Crippen LogP contribution >= 0.6 is 15.9 Å². The van der Waals surface area contributed by atoms with Crippen LogP contribution in [0.1, 0.15) is 31.2 Å². The lowest BCUT2D eigenvalue weighted by atomic mass is 10.2. The second-order valence-corrected chi connectivity index (χ2v) is 4.81. The minimum atomic E-state index is -0.216. The number of hydrogen-bond donors (Lipinski definition) is 0. The van der Waals surface area contributed by atoms with Crippen LogP contribution in [-0.4, -0.2) is 6.10 Å². The molecule has 0 atom stereocenters. The molecule has 0 aliphatic heterocycles. The molecule has 1 fully saturated rings. The van der Waals surface area contributed by atoms with Crippen LogP contribution in [0.5, 0.6) is 0 Å². The molecule has 1 saturated carbocycles. The van der Waals surface area contributed by atoms with E-state index >= 15 is 0 Å². The summed E-state index contributed by atoms with van der Waals surface area (Å²) in [6, 6.07) is 4.72. The van der Waals surface area contributed by atoms with E-state index in [1.807, 2.05) is 0 Å². The summed E-state index contributed by atoms with van der Waals surface area (Å²) in [5.74, 6) is -0.216. The third kappa shape index (κ3) is 3.02. The fourth-order valence-corrected chi connectivity index (χ4v) is 2.37. The molecule has 0 unspecified atom stereocenters. The molecule has 3 heteroatoms. The summed E-state index contributed by atoms with van der Waals surface area (Å²) in [6.45, 7) is 0.575. The highest BCUT2D eigenvalue weighted by molar-refractivity contribution is 9.10. The van der Waals surface area contributed by atoms with Crippen molar-refractivity contribution in [1.29, 1.82) is 0 Å². The summed E-state index contributed by atoms with van der Waals surface area (Å²) >= 11 is 3.34. The monoisotopic (exact) mass is 272 g/mol. The van der Waals surface area contributed by atoms with E-state index in [1.165, 1.54) is 37.8 Å². The molecule has 82 valence electrons. The van der Waals surface area contributed by atoms with E-state index in [1.54, 1.807) is 6.07 Å². The van der Waals surface area contributed by atoms with Gasteiger partial charge in [-0.05, 0) is 30.5 Å². The minimum Gasteiger partial charge on any atom is -0.374 e. The largest absolute Gasteiger partial charge is 0.374 e. The third-order valence-corrected chi connectivity index (χ3v) is 3.53. The van der Waals surface area contributed by atoms with E-state index in [0.29, 0.717) is 12.7 Å². The Morgan fingerprint density at radius 1 is 1.33 bits per heavy atom. The number of ether oxygens (including phenoxy) is 1. The zero-order chi connectivity index (χ0) is 10.7. The van der Waals surface area contributed by atoms with Crippen LogP contribution in [0, 0.1) is 5.82 Å². The number of hydrogen-bond acceptors (Lipinski definition) is 1. The molecular formula is C12H14BrFO. The highest BCUT2D eigenvalue weighted by Gasteiger charge is 2.15. The number of halogens is 2. The predicted octanol–water partition coefficient (Wildman–Crippen LogP) is 4.05. The lowest BCUT2D eigenvalue weighted by Gasteiger charge is -2.11. The first-order valence-electron chi connectivity index (χ1n) is 5.31.